The molecule has 0 heterocycles. The van der Waals surface area contributed by atoms with Crippen molar-refractivity contribution >= 4 is 35.4 Å². The Morgan fingerprint density at radius 2 is 0.500 bits per heavy atom. The van der Waals surface area contributed by atoms with E-state index in [1.165, 1.54) is 27.7 Å². The van der Waals surface area contributed by atoms with Crippen LogP contribution in [-0.4, -0.2) is 101 Å². The number of carboxylic acid groups (broad SMARTS) is 4. The van der Waals surface area contributed by atoms with E-state index in [-0.39, 0.29) is 11.6 Å². The molecule has 0 saturated heterocycles. The third kappa shape index (κ3) is 25.3. The minimum Gasteiger partial charge on any atom is -0.479 e. The third-order valence-corrected chi connectivity index (χ3v) is 1.61. The van der Waals surface area contributed by atoms with Gasteiger partial charge >= 0.3 is 23.9 Å². The van der Waals surface area contributed by atoms with Gasteiger partial charge in [-0.2, -0.15) is 0 Å². The Balaban J connectivity index is -0.000000150. The van der Waals surface area contributed by atoms with Crippen LogP contribution in [0, 0.1) is 0 Å². The van der Waals surface area contributed by atoms with Gasteiger partial charge in [-0.1, -0.05) is 0 Å². The molecule has 8 N–H and O–H groups in total. The monoisotopic (exact) mass is 416 g/mol. The quantitative estimate of drug-likeness (QED) is 0.214. The first-order chi connectivity index (χ1) is 12.4. The molecular weight excluding hydrogens is 392 g/mol. The predicted octanol–water partition coefficient (Wildman–Crippen LogP) is -3.05. The van der Waals surface area contributed by atoms with E-state index < -0.39 is 48.3 Å². The molecule has 0 amide bonds. The Kier molecular flexibility index (Phi) is 20.4. The van der Waals surface area contributed by atoms with Crippen LogP contribution in [0.25, 0.3) is 0 Å². The molecule has 14 heteroatoms. The van der Waals surface area contributed by atoms with Gasteiger partial charge < -0.3 is 50.4 Å². The third-order valence-electron chi connectivity index (χ3n) is 1.61. The summed E-state index contributed by atoms with van der Waals surface area (Å²) in [6, 6.07) is 0. The van der Waals surface area contributed by atoms with Crippen LogP contribution in [0.5, 0.6) is 0 Å². The van der Waals surface area contributed by atoms with Crippen LogP contribution in [0.4, 0.5) is 0 Å². The lowest BCUT2D eigenvalue weighted by Crippen LogP contribution is -2.39. The molecule has 0 rings (SSSR count). The molecule has 0 fully saturated rings. The molecule has 4 atom stereocenters. The molecule has 28 heavy (non-hydrogen) atoms. The molecule has 0 spiro atoms. The second-order valence-electron chi connectivity index (χ2n) is 4.95. The molecule has 4 unspecified atom stereocenters. The number of hydrogen-bond donors (Lipinski definition) is 8. The highest BCUT2D eigenvalue weighted by atomic mass is 16.4. The summed E-state index contributed by atoms with van der Waals surface area (Å²) < 4.78 is 0. The lowest BCUT2D eigenvalue weighted by Gasteiger charge is -2.07. The summed E-state index contributed by atoms with van der Waals surface area (Å²) in [4.78, 5) is 58.0. The SMILES string of the molecule is CC(C)=O.CC(C)=O.O=C(O)C(O)C(O)C(=O)O.O=C(O)C(O)C(O)C(=O)O. The second kappa shape index (κ2) is 17.5. The zero-order valence-corrected chi connectivity index (χ0v) is 15.3. The lowest BCUT2D eigenvalue weighted by atomic mass is 10.2. The van der Waals surface area contributed by atoms with Gasteiger partial charge in [0.05, 0.1) is 0 Å². The van der Waals surface area contributed by atoms with Gasteiger partial charge in [-0.15, -0.1) is 0 Å². The number of aliphatic hydroxyl groups is 4. The van der Waals surface area contributed by atoms with E-state index in [1.807, 2.05) is 0 Å². The fraction of sp³-hybridized carbons (Fsp3) is 0.571. The van der Waals surface area contributed by atoms with Gasteiger partial charge in [-0.05, 0) is 27.7 Å². The molecule has 0 aromatic heterocycles. The molecule has 164 valence electrons. The number of carbonyl (C=O) groups is 6. The van der Waals surface area contributed by atoms with E-state index in [2.05, 4.69) is 0 Å². The van der Waals surface area contributed by atoms with E-state index in [0.29, 0.717) is 0 Å². The standard InChI is InChI=1S/2C4H6O6.2C3H6O/c2*5-1(3(7)8)2(6)4(9)10;2*1-3(2)4/h2*1-2,5-6H,(H,7,8)(H,9,10);2*1-2H3. The normalized spacial score (nSPS) is 13.1. The highest BCUT2D eigenvalue weighted by molar-refractivity contribution is 5.83. The molecular formula is C14H24O14. The van der Waals surface area contributed by atoms with Crippen molar-refractivity contribution in [2.75, 3.05) is 0 Å². The first kappa shape index (κ1) is 32.7. The lowest BCUT2D eigenvalue weighted by molar-refractivity contribution is -0.165. The summed E-state index contributed by atoms with van der Waals surface area (Å²) in [6.07, 6.45) is -9.06. The van der Waals surface area contributed by atoms with Crippen molar-refractivity contribution in [3.8, 4) is 0 Å². The predicted molar refractivity (Wildman–Crippen MR) is 87.3 cm³/mol. The molecule has 0 aliphatic carbocycles. The van der Waals surface area contributed by atoms with Crippen LogP contribution in [0.3, 0.4) is 0 Å². The van der Waals surface area contributed by atoms with Crippen molar-refractivity contribution in [2.24, 2.45) is 0 Å². The van der Waals surface area contributed by atoms with Crippen LogP contribution in [-0.2, 0) is 28.8 Å². The van der Waals surface area contributed by atoms with Crippen molar-refractivity contribution in [3.63, 3.8) is 0 Å². The minimum absolute atomic E-state index is 0.167. The van der Waals surface area contributed by atoms with Gasteiger partial charge in [-0.3, -0.25) is 0 Å². The van der Waals surface area contributed by atoms with Crippen molar-refractivity contribution in [1.82, 2.24) is 0 Å². The average Bonchev–Trinajstić information content (AvgIpc) is 2.50. The molecule has 0 saturated carbocycles. The highest BCUT2D eigenvalue weighted by Crippen LogP contribution is 1.93. The largest absolute Gasteiger partial charge is 0.479 e. The van der Waals surface area contributed by atoms with Gasteiger partial charge in [0.15, 0.2) is 24.4 Å². The Labute approximate surface area is 158 Å². The number of aliphatic hydroxyl groups excluding tert-OH is 4. The van der Waals surface area contributed by atoms with Crippen molar-refractivity contribution < 1.29 is 69.6 Å². The van der Waals surface area contributed by atoms with Gasteiger partial charge in [0.1, 0.15) is 11.6 Å². The minimum atomic E-state index is -2.27. The van der Waals surface area contributed by atoms with E-state index >= 15 is 0 Å². The highest BCUT2D eigenvalue weighted by Gasteiger charge is 2.30. The molecule has 0 radical (unpaired) electrons. The van der Waals surface area contributed by atoms with E-state index in [0.717, 1.165) is 0 Å². The molecule has 0 aromatic rings. The van der Waals surface area contributed by atoms with Gasteiger partial charge in [0, 0.05) is 0 Å². The van der Waals surface area contributed by atoms with E-state index in [4.69, 9.17) is 40.9 Å². The van der Waals surface area contributed by atoms with Crippen LogP contribution < -0.4 is 0 Å². The number of hydrogen-bond acceptors (Lipinski definition) is 10. The van der Waals surface area contributed by atoms with Crippen LogP contribution in [0.2, 0.25) is 0 Å². The summed E-state index contributed by atoms with van der Waals surface area (Å²) in [7, 11) is 0. The second-order valence-corrected chi connectivity index (χ2v) is 4.95. The molecule has 0 bridgehead atoms. The number of carboxylic acids is 4. The first-order valence-electron chi connectivity index (χ1n) is 6.97. The maximum Gasteiger partial charge on any atom is 0.335 e. The van der Waals surface area contributed by atoms with Crippen molar-refractivity contribution in [1.29, 1.82) is 0 Å². The smallest absolute Gasteiger partial charge is 0.335 e. The number of aliphatic carboxylic acids is 4. The molecule has 14 nitrogen and oxygen atoms in total. The van der Waals surface area contributed by atoms with E-state index in [9.17, 15) is 28.8 Å². The summed E-state index contributed by atoms with van der Waals surface area (Å²) in [6.45, 7) is 6.11. The average molecular weight is 416 g/mol. The fourth-order valence-electron chi connectivity index (χ4n) is 0.540. The Hall–Kier alpha value is -2.94. The maximum atomic E-state index is 9.77. The number of rotatable bonds is 6. The molecule has 0 aliphatic rings. The van der Waals surface area contributed by atoms with Gasteiger partial charge in [0.2, 0.25) is 0 Å². The molecule has 0 aromatic carbocycles. The Morgan fingerprint density at radius 3 is 0.536 bits per heavy atom. The van der Waals surface area contributed by atoms with Gasteiger partial charge in [0.25, 0.3) is 0 Å². The summed E-state index contributed by atoms with van der Waals surface area (Å²) in [5.41, 5.74) is 0. The van der Waals surface area contributed by atoms with Crippen LogP contribution >= 0.6 is 0 Å². The Bertz CT molecular complexity index is 448. The molecule has 0 aliphatic heterocycles. The zero-order chi connectivity index (χ0) is 23.8. The topological polar surface area (TPSA) is 264 Å². The number of Topliss-reactive ketones (excluding diaryl/α,β-unsaturated/α-hetero) is 2. The van der Waals surface area contributed by atoms with Crippen molar-refractivity contribution in [3.05, 3.63) is 0 Å². The summed E-state index contributed by atoms with van der Waals surface area (Å²) >= 11 is 0. The summed E-state index contributed by atoms with van der Waals surface area (Å²) in [5.74, 6) is -6.74. The summed E-state index contributed by atoms with van der Waals surface area (Å²) in [5, 5.41) is 65.1. The van der Waals surface area contributed by atoms with Gasteiger partial charge in [-0.25, -0.2) is 19.2 Å². The fourth-order valence-corrected chi connectivity index (χ4v) is 0.540. The van der Waals surface area contributed by atoms with Crippen molar-refractivity contribution in [2.45, 2.75) is 52.1 Å². The van der Waals surface area contributed by atoms with Crippen LogP contribution in [0.15, 0.2) is 0 Å². The number of carbonyl (C=O) groups excluding carboxylic acids is 2. The first-order valence-corrected chi connectivity index (χ1v) is 6.97. The maximum absolute atomic E-state index is 9.77. The van der Waals surface area contributed by atoms with Crippen LogP contribution in [0.1, 0.15) is 27.7 Å². The zero-order valence-electron chi connectivity index (χ0n) is 15.3. The Morgan fingerprint density at radius 1 is 0.429 bits per heavy atom. The number of ketones is 2. The van der Waals surface area contributed by atoms with E-state index in [1.54, 1.807) is 0 Å².